The molecule has 0 amide bonds. The Kier molecular flexibility index (Phi) is 4.57. The van der Waals surface area contributed by atoms with E-state index in [0.29, 0.717) is 0 Å². The number of hydrogen-bond acceptors (Lipinski definition) is 2. The van der Waals surface area contributed by atoms with Crippen LogP contribution in [0.2, 0.25) is 0 Å². The van der Waals surface area contributed by atoms with Gasteiger partial charge in [-0.1, -0.05) is 12.8 Å². The predicted molar refractivity (Wildman–Crippen MR) is 56.4 cm³/mol. The van der Waals surface area contributed by atoms with Crippen molar-refractivity contribution in [1.82, 2.24) is 4.90 Å². The SMILES string of the molecule is C#CCN(CC)C1CCCSC1. The van der Waals surface area contributed by atoms with E-state index in [1.54, 1.807) is 0 Å². The molecule has 0 radical (unpaired) electrons. The smallest absolute Gasteiger partial charge is 0.0601 e. The van der Waals surface area contributed by atoms with Gasteiger partial charge in [0.05, 0.1) is 6.54 Å². The molecular weight excluding hydrogens is 166 g/mol. The average molecular weight is 183 g/mol. The number of nitrogens with zero attached hydrogens (tertiary/aromatic N) is 1. The van der Waals surface area contributed by atoms with E-state index in [4.69, 9.17) is 6.42 Å². The summed E-state index contributed by atoms with van der Waals surface area (Å²) in [5.74, 6) is 5.34. The molecule has 0 aliphatic carbocycles. The van der Waals surface area contributed by atoms with E-state index in [0.717, 1.165) is 19.1 Å². The molecule has 1 unspecified atom stereocenters. The summed E-state index contributed by atoms with van der Waals surface area (Å²) >= 11 is 2.06. The van der Waals surface area contributed by atoms with E-state index < -0.39 is 0 Å². The first-order valence-corrected chi connectivity index (χ1v) is 5.79. The molecule has 1 nitrogen and oxygen atoms in total. The largest absolute Gasteiger partial charge is 0.289 e. The third-order valence-electron chi connectivity index (χ3n) is 2.35. The minimum Gasteiger partial charge on any atom is -0.289 e. The minimum atomic E-state index is 0.741. The normalized spacial score (nSPS) is 23.9. The summed E-state index contributed by atoms with van der Waals surface area (Å²) in [6, 6.07) is 0.741. The van der Waals surface area contributed by atoms with E-state index >= 15 is 0 Å². The Balaban J connectivity index is 2.36. The van der Waals surface area contributed by atoms with Crippen LogP contribution in [0.1, 0.15) is 19.8 Å². The van der Waals surface area contributed by atoms with Crippen LogP contribution in [0.25, 0.3) is 0 Å². The van der Waals surface area contributed by atoms with Crippen LogP contribution >= 0.6 is 11.8 Å². The molecule has 0 N–H and O–H groups in total. The molecule has 0 saturated carbocycles. The second kappa shape index (κ2) is 5.50. The summed E-state index contributed by atoms with van der Waals surface area (Å²) < 4.78 is 0. The lowest BCUT2D eigenvalue weighted by Crippen LogP contribution is -2.38. The van der Waals surface area contributed by atoms with Crippen molar-refractivity contribution in [3.63, 3.8) is 0 Å². The zero-order valence-electron chi connectivity index (χ0n) is 7.75. The maximum absolute atomic E-state index is 5.31. The maximum Gasteiger partial charge on any atom is 0.0601 e. The monoisotopic (exact) mass is 183 g/mol. The molecule has 0 aromatic carbocycles. The van der Waals surface area contributed by atoms with E-state index in [2.05, 4.69) is 29.5 Å². The fourth-order valence-electron chi connectivity index (χ4n) is 1.63. The second-order valence-electron chi connectivity index (χ2n) is 3.14. The molecule has 68 valence electrons. The highest BCUT2D eigenvalue weighted by Gasteiger charge is 2.18. The van der Waals surface area contributed by atoms with Crippen molar-refractivity contribution in [1.29, 1.82) is 0 Å². The topological polar surface area (TPSA) is 3.24 Å². The van der Waals surface area contributed by atoms with Crippen molar-refractivity contribution in [2.45, 2.75) is 25.8 Å². The highest BCUT2D eigenvalue weighted by Crippen LogP contribution is 2.21. The standard InChI is InChI=1S/C10H17NS/c1-3-7-11(4-2)10-6-5-8-12-9-10/h1,10H,4-9H2,2H3. The van der Waals surface area contributed by atoms with Crippen molar-refractivity contribution in [2.24, 2.45) is 0 Å². The van der Waals surface area contributed by atoms with Crippen LogP contribution in [-0.4, -0.2) is 35.5 Å². The Labute approximate surface area is 79.9 Å². The molecule has 1 saturated heterocycles. The maximum atomic E-state index is 5.31. The molecule has 0 aromatic rings. The first kappa shape index (κ1) is 9.95. The lowest BCUT2D eigenvalue weighted by atomic mass is 10.1. The fourth-order valence-corrected chi connectivity index (χ4v) is 2.82. The summed E-state index contributed by atoms with van der Waals surface area (Å²) in [7, 11) is 0. The number of rotatable bonds is 3. The molecule has 1 atom stereocenters. The molecule has 1 aliphatic rings. The van der Waals surface area contributed by atoms with Gasteiger partial charge < -0.3 is 0 Å². The average Bonchev–Trinajstić information content (AvgIpc) is 2.15. The zero-order chi connectivity index (χ0) is 8.81. The van der Waals surface area contributed by atoms with Crippen molar-refractivity contribution >= 4 is 11.8 Å². The van der Waals surface area contributed by atoms with E-state index in [1.165, 1.54) is 24.3 Å². The van der Waals surface area contributed by atoms with Gasteiger partial charge in [0.2, 0.25) is 0 Å². The molecule has 1 rings (SSSR count). The molecule has 0 bridgehead atoms. The number of hydrogen-bond donors (Lipinski definition) is 0. The summed E-state index contributed by atoms with van der Waals surface area (Å²) in [5.41, 5.74) is 0. The Bertz CT molecular complexity index is 156. The molecule has 2 heteroatoms. The fraction of sp³-hybridized carbons (Fsp3) is 0.800. The Morgan fingerprint density at radius 3 is 3.00 bits per heavy atom. The van der Waals surface area contributed by atoms with Crippen LogP contribution < -0.4 is 0 Å². The highest BCUT2D eigenvalue weighted by atomic mass is 32.2. The molecule has 1 fully saturated rings. The van der Waals surface area contributed by atoms with Gasteiger partial charge in [0.15, 0.2) is 0 Å². The van der Waals surface area contributed by atoms with Gasteiger partial charge >= 0.3 is 0 Å². The first-order chi connectivity index (χ1) is 5.88. The van der Waals surface area contributed by atoms with Crippen molar-refractivity contribution in [3.05, 3.63) is 0 Å². The highest BCUT2D eigenvalue weighted by molar-refractivity contribution is 7.99. The Morgan fingerprint density at radius 2 is 2.50 bits per heavy atom. The summed E-state index contributed by atoms with van der Waals surface area (Å²) in [4.78, 5) is 2.41. The Hall–Kier alpha value is -0.130. The number of thioether (sulfide) groups is 1. The predicted octanol–water partition coefficient (Wildman–Crippen LogP) is 1.84. The van der Waals surface area contributed by atoms with Crippen molar-refractivity contribution in [3.8, 4) is 12.3 Å². The van der Waals surface area contributed by atoms with Gasteiger partial charge in [-0.15, -0.1) is 6.42 Å². The number of terminal acetylenes is 1. The zero-order valence-corrected chi connectivity index (χ0v) is 8.57. The summed E-state index contributed by atoms with van der Waals surface area (Å²) in [5, 5.41) is 0. The first-order valence-electron chi connectivity index (χ1n) is 4.63. The van der Waals surface area contributed by atoms with Crippen LogP contribution in [0.3, 0.4) is 0 Å². The van der Waals surface area contributed by atoms with Gasteiger partial charge in [-0.3, -0.25) is 4.90 Å². The van der Waals surface area contributed by atoms with Gasteiger partial charge in [-0.2, -0.15) is 11.8 Å². The summed E-state index contributed by atoms with van der Waals surface area (Å²) in [6.45, 7) is 4.10. The third kappa shape index (κ3) is 2.73. The van der Waals surface area contributed by atoms with Gasteiger partial charge in [-0.25, -0.2) is 0 Å². The van der Waals surface area contributed by atoms with Gasteiger partial charge in [0.25, 0.3) is 0 Å². The van der Waals surface area contributed by atoms with Crippen LogP contribution in [-0.2, 0) is 0 Å². The van der Waals surface area contributed by atoms with E-state index in [1.807, 2.05) is 0 Å². The van der Waals surface area contributed by atoms with Crippen molar-refractivity contribution in [2.75, 3.05) is 24.6 Å². The molecule has 0 spiro atoms. The quantitative estimate of drug-likeness (QED) is 0.614. The van der Waals surface area contributed by atoms with Gasteiger partial charge in [0.1, 0.15) is 0 Å². The molecule has 12 heavy (non-hydrogen) atoms. The molecular formula is C10H17NS. The summed E-state index contributed by atoms with van der Waals surface area (Å²) in [6.07, 6.45) is 8.01. The Morgan fingerprint density at radius 1 is 1.67 bits per heavy atom. The van der Waals surface area contributed by atoms with Gasteiger partial charge in [-0.05, 0) is 25.1 Å². The van der Waals surface area contributed by atoms with E-state index in [9.17, 15) is 0 Å². The van der Waals surface area contributed by atoms with Crippen molar-refractivity contribution < 1.29 is 0 Å². The van der Waals surface area contributed by atoms with E-state index in [-0.39, 0.29) is 0 Å². The second-order valence-corrected chi connectivity index (χ2v) is 4.29. The minimum absolute atomic E-state index is 0.741. The third-order valence-corrected chi connectivity index (χ3v) is 3.55. The van der Waals surface area contributed by atoms with Crippen LogP contribution in [0.15, 0.2) is 0 Å². The molecule has 1 aliphatic heterocycles. The molecule has 0 aromatic heterocycles. The molecule has 1 heterocycles. The van der Waals surface area contributed by atoms with Crippen LogP contribution in [0.4, 0.5) is 0 Å². The van der Waals surface area contributed by atoms with Crippen LogP contribution in [0.5, 0.6) is 0 Å². The lowest BCUT2D eigenvalue weighted by molar-refractivity contribution is 0.236. The van der Waals surface area contributed by atoms with Crippen LogP contribution in [0, 0.1) is 12.3 Å². The van der Waals surface area contributed by atoms with Gasteiger partial charge in [0, 0.05) is 11.8 Å². The lowest BCUT2D eigenvalue weighted by Gasteiger charge is -2.31.